The minimum absolute atomic E-state index is 0.151. The van der Waals surface area contributed by atoms with Crippen LogP contribution >= 0.6 is 0 Å². The van der Waals surface area contributed by atoms with Gasteiger partial charge in [0.25, 0.3) is 5.91 Å². The zero-order valence-corrected chi connectivity index (χ0v) is 9.82. The molecule has 0 aliphatic heterocycles. The van der Waals surface area contributed by atoms with E-state index in [2.05, 4.69) is 10.3 Å². The number of hydrogen-bond donors (Lipinski definition) is 2. The van der Waals surface area contributed by atoms with E-state index in [9.17, 15) is 13.6 Å². The molecule has 1 aromatic heterocycles. The van der Waals surface area contributed by atoms with Gasteiger partial charge in [-0.15, -0.1) is 0 Å². The lowest BCUT2D eigenvalue weighted by atomic mass is 10.2. The molecular weight excluding hydrogens is 246 g/mol. The zero-order valence-electron chi connectivity index (χ0n) is 9.82. The first kappa shape index (κ1) is 14.5. The van der Waals surface area contributed by atoms with E-state index in [1.54, 1.807) is 0 Å². The Balaban J connectivity index is 2.77. The van der Waals surface area contributed by atoms with Crippen LogP contribution < -0.4 is 5.32 Å². The zero-order chi connectivity index (χ0) is 13.5. The number of aliphatic hydroxyl groups is 1. The Kier molecular flexibility index (Phi) is 5.60. The third-order valence-corrected chi connectivity index (χ3v) is 2.27. The van der Waals surface area contributed by atoms with Gasteiger partial charge in [-0.05, 0) is 12.5 Å². The summed E-state index contributed by atoms with van der Waals surface area (Å²) in [5, 5.41) is 11.2. The molecule has 7 heteroatoms. The summed E-state index contributed by atoms with van der Waals surface area (Å²) in [6.45, 7) is 0.0168. The number of amides is 1. The third kappa shape index (κ3) is 3.71. The van der Waals surface area contributed by atoms with Crippen molar-refractivity contribution in [1.29, 1.82) is 0 Å². The number of halogens is 2. The molecule has 1 heterocycles. The molecule has 1 atom stereocenters. The first-order valence-corrected chi connectivity index (χ1v) is 5.30. The van der Waals surface area contributed by atoms with Gasteiger partial charge in [0.15, 0.2) is 5.82 Å². The number of ether oxygens (including phenoxy) is 1. The average Bonchev–Trinajstić information content (AvgIpc) is 2.33. The van der Waals surface area contributed by atoms with E-state index in [4.69, 9.17) is 9.84 Å². The van der Waals surface area contributed by atoms with Crippen LogP contribution in [0.15, 0.2) is 12.3 Å². The SMILES string of the molecule is COCC(CCO)NC(=O)c1ccnc(F)c1F. The molecule has 0 radical (unpaired) electrons. The smallest absolute Gasteiger partial charge is 0.254 e. The molecule has 0 aromatic carbocycles. The van der Waals surface area contributed by atoms with E-state index in [1.807, 2.05) is 0 Å². The lowest BCUT2D eigenvalue weighted by molar-refractivity contribution is 0.0873. The van der Waals surface area contributed by atoms with Gasteiger partial charge >= 0.3 is 0 Å². The number of hydrogen-bond acceptors (Lipinski definition) is 4. The molecule has 1 aromatic rings. The van der Waals surface area contributed by atoms with Crippen LogP contribution in [0.4, 0.5) is 8.78 Å². The van der Waals surface area contributed by atoms with Gasteiger partial charge < -0.3 is 15.2 Å². The molecule has 0 saturated heterocycles. The molecule has 100 valence electrons. The largest absolute Gasteiger partial charge is 0.396 e. The number of pyridine rings is 1. The fourth-order valence-corrected chi connectivity index (χ4v) is 1.41. The number of aromatic nitrogens is 1. The Morgan fingerprint density at radius 3 is 2.94 bits per heavy atom. The Morgan fingerprint density at radius 1 is 1.61 bits per heavy atom. The number of carbonyl (C=O) groups is 1. The second-order valence-corrected chi connectivity index (χ2v) is 3.60. The molecule has 0 fully saturated rings. The van der Waals surface area contributed by atoms with Gasteiger partial charge in [-0.3, -0.25) is 4.79 Å². The lowest BCUT2D eigenvalue weighted by Gasteiger charge is -2.16. The highest BCUT2D eigenvalue weighted by atomic mass is 19.2. The summed E-state index contributed by atoms with van der Waals surface area (Å²) in [5.41, 5.74) is -0.429. The van der Waals surface area contributed by atoms with Crippen LogP contribution in [0.3, 0.4) is 0 Å². The molecule has 0 aliphatic rings. The third-order valence-electron chi connectivity index (χ3n) is 2.27. The second kappa shape index (κ2) is 6.97. The Morgan fingerprint density at radius 2 is 2.33 bits per heavy atom. The van der Waals surface area contributed by atoms with Crippen molar-refractivity contribution in [2.24, 2.45) is 0 Å². The van der Waals surface area contributed by atoms with Crippen LogP contribution in [-0.4, -0.2) is 42.4 Å². The van der Waals surface area contributed by atoms with Crippen molar-refractivity contribution in [2.45, 2.75) is 12.5 Å². The van der Waals surface area contributed by atoms with Crippen molar-refractivity contribution in [3.8, 4) is 0 Å². The van der Waals surface area contributed by atoms with Crippen LogP contribution in [0.5, 0.6) is 0 Å². The van der Waals surface area contributed by atoms with E-state index >= 15 is 0 Å². The molecule has 5 nitrogen and oxygen atoms in total. The number of nitrogens with zero attached hydrogens (tertiary/aromatic N) is 1. The summed E-state index contributed by atoms with van der Waals surface area (Å²) in [5.74, 6) is -3.40. The van der Waals surface area contributed by atoms with Crippen molar-refractivity contribution >= 4 is 5.91 Å². The van der Waals surface area contributed by atoms with Crippen LogP contribution in [0.1, 0.15) is 16.8 Å². The monoisotopic (exact) mass is 260 g/mol. The topological polar surface area (TPSA) is 71.5 Å². The predicted octanol–water partition coefficient (Wildman–Crippen LogP) is 0.487. The minimum atomic E-state index is -1.33. The summed E-state index contributed by atoms with van der Waals surface area (Å²) < 4.78 is 31.0. The van der Waals surface area contributed by atoms with E-state index in [-0.39, 0.29) is 19.6 Å². The van der Waals surface area contributed by atoms with Crippen LogP contribution in [0, 0.1) is 11.8 Å². The number of rotatable bonds is 6. The molecule has 1 amide bonds. The molecule has 18 heavy (non-hydrogen) atoms. The van der Waals surface area contributed by atoms with Crippen molar-refractivity contribution < 1.29 is 23.4 Å². The van der Waals surface area contributed by atoms with Crippen LogP contribution in [-0.2, 0) is 4.74 Å². The maximum atomic E-state index is 13.3. The molecule has 0 bridgehead atoms. The molecule has 1 unspecified atom stereocenters. The summed E-state index contributed by atoms with van der Waals surface area (Å²) in [6, 6.07) is 0.611. The Labute approximate surface area is 103 Å². The van der Waals surface area contributed by atoms with Gasteiger partial charge in [-0.1, -0.05) is 0 Å². The van der Waals surface area contributed by atoms with E-state index in [0.717, 1.165) is 12.3 Å². The minimum Gasteiger partial charge on any atom is -0.396 e. The van der Waals surface area contributed by atoms with Gasteiger partial charge in [-0.25, -0.2) is 9.37 Å². The van der Waals surface area contributed by atoms with Crippen LogP contribution in [0.2, 0.25) is 0 Å². The lowest BCUT2D eigenvalue weighted by Crippen LogP contribution is -2.39. The average molecular weight is 260 g/mol. The van der Waals surface area contributed by atoms with Crippen molar-refractivity contribution in [2.75, 3.05) is 20.3 Å². The molecule has 0 aliphatic carbocycles. The highest BCUT2D eigenvalue weighted by Gasteiger charge is 2.19. The highest BCUT2D eigenvalue weighted by molar-refractivity contribution is 5.94. The maximum Gasteiger partial charge on any atom is 0.254 e. The normalized spacial score (nSPS) is 12.2. The first-order valence-electron chi connectivity index (χ1n) is 5.30. The predicted molar refractivity (Wildman–Crippen MR) is 59.0 cm³/mol. The van der Waals surface area contributed by atoms with Gasteiger partial charge in [0.05, 0.1) is 18.2 Å². The molecule has 1 rings (SSSR count). The summed E-state index contributed by atoms with van der Waals surface area (Å²) in [6.07, 6.45) is 1.26. The highest BCUT2D eigenvalue weighted by Crippen LogP contribution is 2.09. The van der Waals surface area contributed by atoms with Gasteiger partial charge in [-0.2, -0.15) is 4.39 Å². The molecule has 2 N–H and O–H groups in total. The summed E-state index contributed by atoms with van der Waals surface area (Å²) in [4.78, 5) is 14.8. The molecular formula is C11H14F2N2O3. The quantitative estimate of drug-likeness (QED) is 0.730. The first-order chi connectivity index (χ1) is 8.60. The van der Waals surface area contributed by atoms with Gasteiger partial charge in [0, 0.05) is 19.9 Å². The fraction of sp³-hybridized carbons (Fsp3) is 0.455. The number of aliphatic hydroxyl groups excluding tert-OH is 1. The van der Waals surface area contributed by atoms with E-state index < -0.39 is 29.3 Å². The Bertz CT molecular complexity index is 409. The van der Waals surface area contributed by atoms with Crippen LogP contribution in [0.25, 0.3) is 0 Å². The van der Waals surface area contributed by atoms with Crippen molar-refractivity contribution in [3.63, 3.8) is 0 Å². The number of nitrogens with one attached hydrogen (secondary N) is 1. The van der Waals surface area contributed by atoms with Crippen molar-refractivity contribution in [3.05, 3.63) is 29.6 Å². The van der Waals surface area contributed by atoms with Gasteiger partial charge in [0.2, 0.25) is 5.95 Å². The fourth-order valence-electron chi connectivity index (χ4n) is 1.41. The molecule has 0 saturated carbocycles. The van der Waals surface area contributed by atoms with Gasteiger partial charge in [0.1, 0.15) is 0 Å². The van der Waals surface area contributed by atoms with E-state index in [0.29, 0.717) is 0 Å². The summed E-state index contributed by atoms with van der Waals surface area (Å²) >= 11 is 0. The summed E-state index contributed by atoms with van der Waals surface area (Å²) in [7, 11) is 1.43. The Hall–Kier alpha value is -1.60. The molecule has 0 spiro atoms. The standard InChI is InChI=1S/C11H14F2N2O3/c1-18-6-7(3-5-16)15-11(17)8-2-4-14-10(13)9(8)12/h2,4,7,16H,3,5-6H2,1H3,(H,15,17). The van der Waals surface area contributed by atoms with E-state index in [1.165, 1.54) is 7.11 Å². The number of carbonyl (C=O) groups excluding carboxylic acids is 1. The second-order valence-electron chi connectivity index (χ2n) is 3.60. The van der Waals surface area contributed by atoms with Crippen molar-refractivity contribution in [1.82, 2.24) is 10.3 Å². The maximum absolute atomic E-state index is 13.3. The number of methoxy groups -OCH3 is 1.